The number of nitrogens with one attached hydrogen (secondary N) is 1. The summed E-state index contributed by atoms with van der Waals surface area (Å²) in [6, 6.07) is 2.79. The van der Waals surface area contributed by atoms with Gasteiger partial charge in [0, 0.05) is 23.5 Å². The molecule has 0 bridgehead atoms. The first kappa shape index (κ1) is 24.3. The molecule has 33 heavy (non-hydrogen) atoms. The highest BCUT2D eigenvalue weighted by Crippen LogP contribution is 2.54. The van der Waals surface area contributed by atoms with Crippen molar-refractivity contribution in [2.24, 2.45) is 11.7 Å². The summed E-state index contributed by atoms with van der Waals surface area (Å²) in [5.41, 5.74) is 1.88. The first-order valence-electron chi connectivity index (χ1n) is 9.51. The summed E-state index contributed by atoms with van der Waals surface area (Å²) in [6.07, 6.45) is -5.79. The maximum atomic E-state index is 14.3. The van der Waals surface area contributed by atoms with Crippen LogP contribution in [0, 0.1) is 17.6 Å². The Labute approximate surface area is 184 Å². The molecule has 1 saturated heterocycles. The summed E-state index contributed by atoms with van der Waals surface area (Å²) >= 11 is 0. The topological polar surface area (TPSA) is 116 Å². The van der Waals surface area contributed by atoms with Crippen molar-refractivity contribution in [1.29, 1.82) is 0 Å². The predicted molar refractivity (Wildman–Crippen MR) is 103 cm³/mol. The van der Waals surface area contributed by atoms with Gasteiger partial charge in [-0.1, -0.05) is 13.0 Å². The van der Waals surface area contributed by atoms with Gasteiger partial charge in [-0.2, -0.15) is 17.6 Å². The number of rotatable bonds is 5. The maximum absolute atomic E-state index is 14.3. The molecule has 4 atom stereocenters. The SMILES string of the molecule is COc1c([C@H]2[C@H](C(=O)Nc3cc(C(N)=O)ncn3)O[C@@](C)(C(F)(F)F)[C@H]2C)ccc(F)c1F. The number of anilines is 1. The number of alkyl halides is 3. The second-order valence-electron chi connectivity index (χ2n) is 7.58. The van der Waals surface area contributed by atoms with Crippen molar-refractivity contribution in [3.63, 3.8) is 0 Å². The predicted octanol–water partition coefficient (Wildman–Crippen LogP) is 2.94. The molecule has 0 saturated carbocycles. The fourth-order valence-corrected chi connectivity index (χ4v) is 3.80. The monoisotopic (exact) mass is 474 g/mol. The second kappa shape index (κ2) is 8.54. The van der Waals surface area contributed by atoms with Crippen LogP contribution in [0.1, 0.15) is 35.8 Å². The Morgan fingerprint density at radius 1 is 1.24 bits per heavy atom. The number of benzene rings is 1. The zero-order valence-corrected chi connectivity index (χ0v) is 17.5. The zero-order valence-electron chi connectivity index (χ0n) is 17.5. The third kappa shape index (κ3) is 4.19. The number of hydrogen-bond donors (Lipinski definition) is 2. The number of hydrogen-bond acceptors (Lipinski definition) is 6. The maximum Gasteiger partial charge on any atom is 0.417 e. The van der Waals surface area contributed by atoms with Crippen molar-refractivity contribution in [2.45, 2.75) is 37.6 Å². The Balaban J connectivity index is 2.07. The molecule has 1 aliphatic heterocycles. The molecule has 3 N–H and O–H groups in total. The fourth-order valence-electron chi connectivity index (χ4n) is 3.80. The van der Waals surface area contributed by atoms with Crippen LogP contribution >= 0.6 is 0 Å². The molecule has 2 aromatic rings. The highest BCUT2D eigenvalue weighted by atomic mass is 19.4. The first-order valence-corrected chi connectivity index (χ1v) is 9.51. The van der Waals surface area contributed by atoms with E-state index in [0.29, 0.717) is 0 Å². The van der Waals surface area contributed by atoms with E-state index in [9.17, 15) is 31.5 Å². The molecule has 1 fully saturated rings. The Morgan fingerprint density at radius 2 is 1.91 bits per heavy atom. The number of ether oxygens (including phenoxy) is 2. The summed E-state index contributed by atoms with van der Waals surface area (Å²) in [5, 5.41) is 2.25. The number of aromatic nitrogens is 2. The van der Waals surface area contributed by atoms with E-state index in [1.54, 1.807) is 0 Å². The van der Waals surface area contributed by atoms with Crippen molar-refractivity contribution in [3.8, 4) is 5.75 Å². The lowest BCUT2D eigenvalue weighted by molar-refractivity contribution is -0.272. The molecule has 0 unspecified atom stereocenters. The van der Waals surface area contributed by atoms with Crippen LogP contribution in [0.4, 0.5) is 27.8 Å². The molecule has 3 rings (SSSR count). The lowest BCUT2D eigenvalue weighted by Gasteiger charge is -2.32. The number of carbonyl (C=O) groups is 2. The Bertz CT molecular complexity index is 1100. The summed E-state index contributed by atoms with van der Waals surface area (Å²) < 4.78 is 80.0. The molecule has 8 nitrogen and oxygen atoms in total. The van der Waals surface area contributed by atoms with Crippen LogP contribution in [-0.4, -0.2) is 46.8 Å². The normalized spacial score (nSPS) is 25.0. The average Bonchev–Trinajstić information content (AvgIpc) is 3.02. The van der Waals surface area contributed by atoms with Gasteiger partial charge < -0.3 is 20.5 Å². The minimum atomic E-state index is -4.90. The van der Waals surface area contributed by atoms with E-state index in [1.807, 2.05) is 0 Å². The van der Waals surface area contributed by atoms with Crippen LogP contribution in [-0.2, 0) is 9.53 Å². The van der Waals surface area contributed by atoms with Crippen LogP contribution < -0.4 is 15.8 Å². The molecule has 13 heteroatoms. The van der Waals surface area contributed by atoms with E-state index < -0.39 is 58.9 Å². The molecule has 2 heterocycles. The molecular weight excluding hydrogens is 455 g/mol. The van der Waals surface area contributed by atoms with Crippen molar-refractivity contribution in [1.82, 2.24) is 9.97 Å². The third-order valence-corrected chi connectivity index (χ3v) is 5.74. The van der Waals surface area contributed by atoms with Crippen molar-refractivity contribution >= 4 is 17.6 Å². The van der Waals surface area contributed by atoms with Gasteiger partial charge in [0.1, 0.15) is 23.9 Å². The van der Waals surface area contributed by atoms with Crippen molar-refractivity contribution in [3.05, 3.63) is 47.4 Å². The van der Waals surface area contributed by atoms with Crippen LogP contribution in [0.5, 0.6) is 5.75 Å². The van der Waals surface area contributed by atoms with Crippen LogP contribution in [0.15, 0.2) is 24.5 Å². The molecule has 0 radical (unpaired) electrons. The summed E-state index contributed by atoms with van der Waals surface area (Å²) in [5.74, 6) is -8.36. The highest BCUT2D eigenvalue weighted by Gasteiger charge is 2.65. The van der Waals surface area contributed by atoms with E-state index in [2.05, 4.69) is 15.3 Å². The van der Waals surface area contributed by atoms with Gasteiger partial charge in [-0.15, -0.1) is 0 Å². The van der Waals surface area contributed by atoms with Crippen LogP contribution in [0.3, 0.4) is 0 Å². The van der Waals surface area contributed by atoms with E-state index in [-0.39, 0.29) is 17.1 Å². The van der Waals surface area contributed by atoms with Gasteiger partial charge in [-0.05, 0) is 13.0 Å². The zero-order chi connectivity index (χ0) is 24.7. The second-order valence-corrected chi connectivity index (χ2v) is 7.58. The molecule has 1 aromatic carbocycles. The van der Waals surface area contributed by atoms with Gasteiger partial charge in [0.25, 0.3) is 11.8 Å². The van der Waals surface area contributed by atoms with Gasteiger partial charge >= 0.3 is 6.18 Å². The molecule has 1 aliphatic rings. The number of nitrogens with two attached hydrogens (primary N) is 1. The number of halogens is 5. The van der Waals surface area contributed by atoms with Gasteiger partial charge in [-0.3, -0.25) is 9.59 Å². The minimum absolute atomic E-state index is 0.183. The van der Waals surface area contributed by atoms with Gasteiger partial charge in [0.15, 0.2) is 17.2 Å². The summed E-state index contributed by atoms with van der Waals surface area (Å²) in [4.78, 5) is 31.6. The molecule has 0 aliphatic carbocycles. The molecular formula is C20H19F5N4O4. The van der Waals surface area contributed by atoms with Gasteiger partial charge in [-0.25, -0.2) is 14.4 Å². The lowest BCUT2D eigenvalue weighted by Crippen LogP contribution is -2.47. The Kier molecular flexibility index (Phi) is 6.29. The van der Waals surface area contributed by atoms with Gasteiger partial charge in [0.2, 0.25) is 5.82 Å². The van der Waals surface area contributed by atoms with E-state index in [1.165, 1.54) is 6.92 Å². The molecule has 2 amide bonds. The number of carbonyl (C=O) groups excluding carboxylic acids is 2. The highest BCUT2D eigenvalue weighted by molar-refractivity contribution is 5.96. The summed E-state index contributed by atoms with van der Waals surface area (Å²) in [6.45, 7) is 1.95. The number of primary amides is 1. The largest absolute Gasteiger partial charge is 0.493 e. The smallest absolute Gasteiger partial charge is 0.417 e. The first-order chi connectivity index (χ1) is 15.3. The molecule has 1 aromatic heterocycles. The quantitative estimate of drug-likeness (QED) is 0.644. The Morgan fingerprint density at radius 3 is 2.48 bits per heavy atom. The summed E-state index contributed by atoms with van der Waals surface area (Å²) in [7, 11) is 1.02. The van der Waals surface area contributed by atoms with E-state index in [0.717, 1.165) is 38.6 Å². The number of amides is 2. The standard InChI is InChI=1S/C20H19F5N4O4/c1-8-13(9-4-5-10(21)14(22)15(9)32-3)16(33-19(8,2)20(23,24)25)18(31)29-12-6-11(17(26)30)27-7-28-12/h4-8,13,16H,1-3H3,(H2,26,30)(H,27,28,29,31)/t8-,13-,16+,19+/m0/s1. The third-order valence-electron chi connectivity index (χ3n) is 5.74. The van der Waals surface area contributed by atoms with E-state index >= 15 is 0 Å². The van der Waals surface area contributed by atoms with E-state index in [4.69, 9.17) is 15.2 Å². The number of nitrogens with zero attached hydrogens (tertiary/aromatic N) is 2. The number of methoxy groups -OCH3 is 1. The van der Waals surface area contributed by atoms with Crippen molar-refractivity contribution < 1.29 is 41.0 Å². The fraction of sp³-hybridized carbons (Fsp3) is 0.400. The van der Waals surface area contributed by atoms with Gasteiger partial charge in [0.05, 0.1) is 7.11 Å². The minimum Gasteiger partial charge on any atom is -0.493 e. The Hall–Kier alpha value is -3.35. The van der Waals surface area contributed by atoms with Crippen molar-refractivity contribution in [2.75, 3.05) is 12.4 Å². The van der Waals surface area contributed by atoms with Crippen LogP contribution in [0.2, 0.25) is 0 Å². The molecule has 178 valence electrons. The average molecular weight is 474 g/mol. The molecule has 0 spiro atoms. The van der Waals surface area contributed by atoms with Crippen LogP contribution in [0.25, 0.3) is 0 Å². The lowest BCUT2D eigenvalue weighted by atomic mass is 9.77.